The number of carbonyl (C=O) groups excluding carboxylic acids is 1. The average molecular weight is 396 g/mol. The van der Waals surface area contributed by atoms with Gasteiger partial charge in [-0.1, -0.05) is 48.5 Å². The molecule has 0 saturated heterocycles. The van der Waals surface area contributed by atoms with Gasteiger partial charge < -0.3 is 16.0 Å². The zero-order valence-corrected chi connectivity index (χ0v) is 16.4. The zero-order chi connectivity index (χ0) is 16.8. The maximum atomic E-state index is 12.0. The second-order valence-corrected chi connectivity index (χ2v) is 6.29. The quantitative estimate of drug-likeness (QED) is 0.705. The van der Waals surface area contributed by atoms with Gasteiger partial charge in [0.05, 0.1) is 0 Å². The van der Waals surface area contributed by atoms with Crippen molar-refractivity contribution in [3.8, 4) is 0 Å². The number of anilines is 1. The third kappa shape index (κ3) is 5.90. The number of rotatable bonds is 7. The number of fused-ring (bicyclic) bond motifs is 1. The number of hydrogen-bond donors (Lipinski definition) is 2. The van der Waals surface area contributed by atoms with Crippen molar-refractivity contribution in [1.29, 1.82) is 0 Å². The number of benzene rings is 2. The van der Waals surface area contributed by atoms with Gasteiger partial charge in [-0.25, -0.2) is 0 Å². The smallest absolute Gasteiger partial charge is 0.221 e. The zero-order valence-electron chi connectivity index (χ0n) is 14.8. The van der Waals surface area contributed by atoms with Crippen LogP contribution in [0.3, 0.4) is 0 Å². The van der Waals surface area contributed by atoms with Gasteiger partial charge in [0.2, 0.25) is 5.91 Å². The fourth-order valence-electron chi connectivity index (χ4n) is 3.23. The Labute approximate surface area is 168 Å². The van der Waals surface area contributed by atoms with E-state index >= 15 is 0 Å². The molecule has 1 unspecified atom stereocenters. The van der Waals surface area contributed by atoms with Gasteiger partial charge in [0.1, 0.15) is 0 Å². The van der Waals surface area contributed by atoms with Crippen LogP contribution < -0.4 is 16.0 Å². The molecule has 6 heteroatoms. The summed E-state index contributed by atoms with van der Waals surface area (Å²) in [4.78, 5) is 14.4. The van der Waals surface area contributed by atoms with Crippen LogP contribution in [0.2, 0.25) is 0 Å². The topological polar surface area (TPSA) is 58.4 Å². The normalized spacial score (nSPS) is 13.2. The Morgan fingerprint density at radius 3 is 2.54 bits per heavy atom. The number of para-hydroxylation sites is 1. The highest BCUT2D eigenvalue weighted by molar-refractivity contribution is 5.85. The predicted molar refractivity (Wildman–Crippen MR) is 112 cm³/mol. The summed E-state index contributed by atoms with van der Waals surface area (Å²) in [6.45, 7) is 2.74. The van der Waals surface area contributed by atoms with Gasteiger partial charge in [-0.2, -0.15) is 0 Å². The van der Waals surface area contributed by atoms with Gasteiger partial charge in [-0.15, -0.1) is 24.8 Å². The molecule has 0 fully saturated rings. The van der Waals surface area contributed by atoms with Crippen molar-refractivity contribution in [3.05, 3.63) is 65.7 Å². The summed E-state index contributed by atoms with van der Waals surface area (Å²) in [6, 6.07) is 18.1. The third-order valence-electron chi connectivity index (χ3n) is 4.54. The van der Waals surface area contributed by atoms with Crippen molar-refractivity contribution >= 4 is 36.4 Å². The van der Waals surface area contributed by atoms with Crippen molar-refractivity contribution in [2.24, 2.45) is 5.73 Å². The van der Waals surface area contributed by atoms with Crippen LogP contribution in [0.4, 0.5) is 5.69 Å². The molecule has 0 aliphatic carbocycles. The fourth-order valence-corrected chi connectivity index (χ4v) is 3.23. The van der Waals surface area contributed by atoms with Crippen LogP contribution >= 0.6 is 24.8 Å². The van der Waals surface area contributed by atoms with E-state index in [4.69, 9.17) is 5.73 Å². The van der Waals surface area contributed by atoms with E-state index in [1.807, 2.05) is 30.3 Å². The lowest BCUT2D eigenvalue weighted by Crippen LogP contribution is -2.31. The Bertz CT molecular complexity index is 682. The first-order valence-corrected chi connectivity index (χ1v) is 8.64. The van der Waals surface area contributed by atoms with Crippen molar-refractivity contribution in [2.75, 3.05) is 24.5 Å². The van der Waals surface area contributed by atoms with E-state index in [-0.39, 0.29) is 36.8 Å². The molecule has 3 N–H and O–H groups in total. The Balaban J connectivity index is 0.00000169. The summed E-state index contributed by atoms with van der Waals surface area (Å²) in [7, 11) is 0. The van der Waals surface area contributed by atoms with E-state index in [9.17, 15) is 4.79 Å². The van der Waals surface area contributed by atoms with Crippen LogP contribution in [0, 0.1) is 0 Å². The lowest BCUT2D eigenvalue weighted by Gasteiger charge is -2.19. The molecule has 142 valence electrons. The first-order valence-electron chi connectivity index (χ1n) is 8.64. The maximum absolute atomic E-state index is 12.0. The van der Waals surface area contributed by atoms with E-state index in [0.717, 1.165) is 31.5 Å². The lowest BCUT2D eigenvalue weighted by atomic mass is 10.0. The van der Waals surface area contributed by atoms with Crippen LogP contribution in [0.1, 0.15) is 30.0 Å². The standard InChI is InChI=1S/C20H25N3O.2ClH/c21-18(16-7-2-1-3-8-16)15-20(24)22-12-6-13-23-14-11-17-9-4-5-10-19(17)23;;/h1-5,7-10,18H,6,11-15,21H2,(H,22,24);2*1H. The molecule has 0 spiro atoms. The number of amides is 1. The van der Waals surface area contributed by atoms with Gasteiger partial charge in [-0.3, -0.25) is 4.79 Å². The summed E-state index contributed by atoms with van der Waals surface area (Å²) >= 11 is 0. The highest BCUT2D eigenvalue weighted by atomic mass is 35.5. The Morgan fingerprint density at radius 2 is 1.77 bits per heavy atom. The molecular weight excluding hydrogens is 369 g/mol. The Hall–Kier alpha value is -1.75. The molecule has 26 heavy (non-hydrogen) atoms. The second kappa shape index (κ2) is 11.1. The molecule has 0 aromatic heterocycles. The molecule has 1 heterocycles. The number of hydrogen-bond acceptors (Lipinski definition) is 3. The summed E-state index contributed by atoms with van der Waals surface area (Å²) in [5, 5.41) is 2.99. The molecule has 2 aromatic rings. The number of nitrogens with zero attached hydrogens (tertiary/aromatic N) is 1. The van der Waals surface area contributed by atoms with Crippen LogP contribution in [0.25, 0.3) is 0 Å². The molecule has 0 saturated carbocycles. The van der Waals surface area contributed by atoms with Gasteiger partial charge in [0, 0.05) is 37.8 Å². The third-order valence-corrected chi connectivity index (χ3v) is 4.54. The predicted octanol–water partition coefficient (Wildman–Crippen LogP) is 3.49. The van der Waals surface area contributed by atoms with Crippen molar-refractivity contribution in [3.63, 3.8) is 0 Å². The number of halogens is 2. The largest absolute Gasteiger partial charge is 0.371 e. The monoisotopic (exact) mass is 395 g/mol. The molecule has 1 amide bonds. The van der Waals surface area contributed by atoms with Crippen molar-refractivity contribution < 1.29 is 4.79 Å². The molecule has 1 aliphatic rings. The summed E-state index contributed by atoms with van der Waals surface area (Å²) in [5.41, 5.74) is 9.85. The number of nitrogens with one attached hydrogen (secondary N) is 1. The minimum atomic E-state index is -0.239. The Morgan fingerprint density at radius 1 is 1.08 bits per heavy atom. The fraction of sp³-hybridized carbons (Fsp3) is 0.350. The van der Waals surface area contributed by atoms with Crippen LogP contribution in [0.15, 0.2) is 54.6 Å². The maximum Gasteiger partial charge on any atom is 0.221 e. The second-order valence-electron chi connectivity index (χ2n) is 6.29. The molecule has 0 radical (unpaired) electrons. The molecule has 3 rings (SSSR count). The van der Waals surface area contributed by atoms with Crippen molar-refractivity contribution in [2.45, 2.75) is 25.3 Å². The van der Waals surface area contributed by atoms with Crippen LogP contribution in [-0.4, -0.2) is 25.5 Å². The minimum Gasteiger partial charge on any atom is -0.371 e. The summed E-state index contributed by atoms with van der Waals surface area (Å²) in [6.07, 6.45) is 2.39. The Kier molecular flexibility index (Phi) is 9.49. The minimum absolute atomic E-state index is 0. The van der Waals surface area contributed by atoms with Crippen LogP contribution in [-0.2, 0) is 11.2 Å². The molecule has 1 atom stereocenters. The van der Waals surface area contributed by atoms with E-state index < -0.39 is 0 Å². The molecular formula is C20H27Cl2N3O. The molecule has 4 nitrogen and oxygen atoms in total. The van der Waals surface area contributed by atoms with Gasteiger partial charge in [-0.05, 0) is 30.0 Å². The van der Waals surface area contributed by atoms with Crippen LogP contribution in [0.5, 0.6) is 0 Å². The van der Waals surface area contributed by atoms with E-state index in [1.165, 1.54) is 11.3 Å². The SMILES string of the molecule is Cl.Cl.NC(CC(=O)NCCCN1CCc2ccccc21)c1ccccc1. The first kappa shape index (κ1) is 22.3. The molecule has 0 bridgehead atoms. The van der Waals surface area contributed by atoms with Gasteiger partial charge in [0.15, 0.2) is 0 Å². The number of carbonyl (C=O) groups is 1. The molecule has 2 aromatic carbocycles. The number of nitrogens with two attached hydrogens (primary N) is 1. The van der Waals surface area contributed by atoms with Gasteiger partial charge in [0.25, 0.3) is 0 Å². The van der Waals surface area contributed by atoms with Gasteiger partial charge >= 0.3 is 0 Å². The van der Waals surface area contributed by atoms with Crippen molar-refractivity contribution in [1.82, 2.24) is 5.32 Å². The lowest BCUT2D eigenvalue weighted by molar-refractivity contribution is -0.121. The highest BCUT2D eigenvalue weighted by Crippen LogP contribution is 2.27. The first-order chi connectivity index (χ1) is 11.7. The summed E-state index contributed by atoms with van der Waals surface area (Å²) in [5.74, 6) is 0.0215. The van der Waals surface area contributed by atoms with E-state index in [1.54, 1.807) is 0 Å². The van der Waals surface area contributed by atoms with E-state index in [2.05, 4.69) is 34.5 Å². The molecule has 1 aliphatic heterocycles. The summed E-state index contributed by atoms with van der Waals surface area (Å²) < 4.78 is 0. The van der Waals surface area contributed by atoms with E-state index in [0.29, 0.717) is 13.0 Å². The average Bonchev–Trinajstić information content (AvgIpc) is 3.03. The highest BCUT2D eigenvalue weighted by Gasteiger charge is 2.17.